The van der Waals surface area contributed by atoms with Crippen molar-refractivity contribution >= 4 is 17.9 Å². The van der Waals surface area contributed by atoms with E-state index >= 15 is 0 Å². The molecule has 1 aliphatic rings. The molecular formula is C34H49N3O4. The van der Waals surface area contributed by atoms with Crippen molar-refractivity contribution in [1.82, 2.24) is 14.7 Å². The lowest BCUT2D eigenvalue weighted by Gasteiger charge is -2.42. The first kappa shape index (κ1) is 32.2. The zero-order valence-corrected chi connectivity index (χ0v) is 25.7. The second-order valence-corrected chi connectivity index (χ2v) is 11.3. The first-order chi connectivity index (χ1) is 19.8. The summed E-state index contributed by atoms with van der Waals surface area (Å²) in [5.74, 6) is 0.0529. The van der Waals surface area contributed by atoms with Gasteiger partial charge in [-0.3, -0.25) is 9.59 Å². The van der Waals surface area contributed by atoms with E-state index in [1.54, 1.807) is 21.7 Å². The van der Waals surface area contributed by atoms with Gasteiger partial charge in [-0.1, -0.05) is 94.8 Å². The molecule has 0 saturated carbocycles. The van der Waals surface area contributed by atoms with E-state index in [1.165, 1.54) is 32.8 Å². The van der Waals surface area contributed by atoms with Crippen molar-refractivity contribution in [3.8, 4) is 11.1 Å². The Morgan fingerprint density at radius 1 is 0.854 bits per heavy atom. The molecule has 1 saturated heterocycles. The van der Waals surface area contributed by atoms with Crippen LogP contribution >= 0.6 is 0 Å². The van der Waals surface area contributed by atoms with E-state index < -0.39 is 12.1 Å². The van der Waals surface area contributed by atoms with E-state index in [-0.39, 0.29) is 17.9 Å². The van der Waals surface area contributed by atoms with Gasteiger partial charge in [-0.25, -0.2) is 4.79 Å². The van der Waals surface area contributed by atoms with Gasteiger partial charge in [0, 0.05) is 33.1 Å². The lowest BCUT2D eigenvalue weighted by Crippen LogP contribution is -2.63. The van der Waals surface area contributed by atoms with Crippen LogP contribution in [0, 0.1) is 0 Å². The number of ether oxygens (including phenoxy) is 1. The maximum Gasteiger partial charge on any atom is 0.409 e. The molecule has 3 amide bonds. The predicted molar refractivity (Wildman–Crippen MR) is 164 cm³/mol. The maximum absolute atomic E-state index is 13.5. The molecule has 3 rings (SSSR count). The number of amides is 3. The van der Waals surface area contributed by atoms with Crippen molar-refractivity contribution in [1.29, 1.82) is 0 Å². The van der Waals surface area contributed by atoms with E-state index in [1.807, 2.05) is 31.2 Å². The quantitative estimate of drug-likeness (QED) is 0.227. The van der Waals surface area contributed by atoms with Crippen molar-refractivity contribution in [2.75, 3.05) is 27.2 Å². The zero-order chi connectivity index (χ0) is 29.8. The number of carbonyl (C=O) groups is 3. The molecule has 0 bridgehead atoms. The Morgan fingerprint density at radius 2 is 1.54 bits per heavy atom. The summed E-state index contributed by atoms with van der Waals surface area (Å²) in [7, 11) is 3.17. The van der Waals surface area contributed by atoms with Crippen LogP contribution in [0.5, 0.6) is 0 Å². The van der Waals surface area contributed by atoms with Gasteiger partial charge < -0.3 is 19.4 Å². The van der Waals surface area contributed by atoms with Crippen molar-refractivity contribution in [2.45, 2.75) is 97.2 Å². The third-order valence-corrected chi connectivity index (χ3v) is 8.19. The van der Waals surface area contributed by atoms with Crippen LogP contribution in [0.2, 0.25) is 0 Å². The molecule has 1 fully saturated rings. The van der Waals surface area contributed by atoms with E-state index in [0.29, 0.717) is 26.1 Å². The molecule has 41 heavy (non-hydrogen) atoms. The van der Waals surface area contributed by atoms with Gasteiger partial charge in [0.1, 0.15) is 12.1 Å². The Morgan fingerprint density at radius 3 is 2.22 bits per heavy atom. The first-order valence-corrected chi connectivity index (χ1v) is 15.4. The number of nitrogens with zero attached hydrogens (tertiary/aromatic N) is 3. The minimum atomic E-state index is -0.486. The van der Waals surface area contributed by atoms with Crippen LogP contribution < -0.4 is 0 Å². The molecule has 2 aromatic carbocycles. The molecule has 0 aliphatic carbocycles. The number of methoxy groups -OCH3 is 1. The highest BCUT2D eigenvalue weighted by Crippen LogP contribution is 2.25. The van der Waals surface area contributed by atoms with Crippen LogP contribution in [0.1, 0.15) is 83.3 Å². The van der Waals surface area contributed by atoms with E-state index in [2.05, 4.69) is 38.1 Å². The third-order valence-electron chi connectivity index (χ3n) is 8.19. The first-order valence-electron chi connectivity index (χ1n) is 15.4. The SMILES string of the molecule is CCCCCCCCN1C(=O)C(Cc2ccc(-c3cccc(CN(CCCC)C(=O)OC)c3)cc2)N(C)C(=O)[C@@H]1C. The van der Waals surface area contributed by atoms with Crippen LogP contribution in [0.4, 0.5) is 4.79 Å². The summed E-state index contributed by atoms with van der Waals surface area (Å²) in [4.78, 5) is 43.9. The lowest BCUT2D eigenvalue weighted by molar-refractivity contribution is -0.159. The van der Waals surface area contributed by atoms with Gasteiger partial charge >= 0.3 is 6.09 Å². The number of hydrogen-bond acceptors (Lipinski definition) is 4. The predicted octanol–water partition coefficient (Wildman–Crippen LogP) is 6.68. The summed E-state index contributed by atoms with van der Waals surface area (Å²) < 4.78 is 4.98. The van der Waals surface area contributed by atoms with E-state index in [4.69, 9.17) is 4.74 Å². The highest BCUT2D eigenvalue weighted by Gasteiger charge is 2.41. The van der Waals surface area contributed by atoms with Crippen molar-refractivity contribution in [3.63, 3.8) is 0 Å². The average Bonchev–Trinajstić information content (AvgIpc) is 2.99. The molecule has 2 atom stereocenters. The third kappa shape index (κ3) is 8.82. The Bertz CT molecular complexity index is 1130. The summed E-state index contributed by atoms with van der Waals surface area (Å²) in [5.41, 5.74) is 4.19. The molecule has 2 aromatic rings. The molecule has 1 unspecified atom stereocenters. The average molecular weight is 564 g/mol. The highest BCUT2D eigenvalue weighted by molar-refractivity contribution is 5.96. The van der Waals surface area contributed by atoms with Crippen LogP contribution in [0.25, 0.3) is 11.1 Å². The molecule has 1 heterocycles. The standard InChI is InChI=1S/C34H49N3O4/c1-6-8-10-11-12-13-22-37-26(3)32(38)35(4)31(33(37)39)24-27-17-19-29(20-18-27)30-16-14-15-28(23-30)25-36(21-9-7-2)34(40)41-5/h14-20,23,26,31H,6-13,21-22,24-25H2,1-5H3/t26-,31?/m0/s1. The number of hydrogen-bond donors (Lipinski definition) is 0. The van der Waals surface area contributed by atoms with Gasteiger partial charge in [-0.05, 0) is 48.1 Å². The molecular weight excluding hydrogens is 514 g/mol. The normalized spacial score (nSPS) is 17.2. The van der Waals surface area contributed by atoms with Crippen LogP contribution in [0.3, 0.4) is 0 Å². The maximum atomic E-state index is 13.5. The van der Waals surface area contributed by atoms with Gasteiger partial charge in [0.05, 0.1) is 7.11 Å². The molecule has 0 N–H and O–H groups in total. The number of rotatable bonds is 15. The fourth-order valence-corrected chi connectivity index (χ4v) is 5.56. The van der Waals surface area contributed by atoms with Crippen LogP contribution in [0.15, 0.2) is 48.5 Å². The van der Waals surface area contributed by atoms with Gasteiger partial charge in [-0.15, -0.1) is 0 Å². The van der Waals surface area contributed by atoms with Crippen molar-refractivity contribution in [3.05, 3.63) is 59.7 Å². The van der Waals surface area contributed by atoms with Gasteiger partial charge in [0.25, 0.3) is 0 Å². The zero-order valence-electron chi connectivity index (χ0n) is 25.7. The smallest absolute Gasteiger partial charge is 0.409 e. The van der Waals surface area contributed by atoms with Gasteiger partial charge in [0.2, 0.25) is 11.8 Å². The number of benzene rings is 2. The fraction of sp³-hybridized carbons (Fsp3) is 0.559. The summed E-state index contributed by atoms with van der Waals surface area (Å²) in [5, 5.41) is 0. The molecule has 0 spiro atoms. The summed E-state index contributed by atoms with van der Waals surface area (Å²) >= 11 is 0. The molecule has 7 nitrogen and oxygen atoms in total. The largest absolute Gasteiger partial charge is 0.453 e. The molecule has 0 radical (unpaired) electrons. The minimum absolute atomic E-state index is 0.00829. The monoisotopic (exact) mass is 563 g/mol. The fourth-order valence-electron chi connectivity index (χ4n) is 5.56. The van der Waals surface area contributed by atoms with Gasteiger partial charge in [-0.2, -0.15) is 0 Å². The number of unbranched alkanes of at least 4 members (excludes halogenated alkanes) is 6. The van der Waals surface area contributed by atoms with E-state index in [0.717, 1.165) is 47.9 Å². The summed E-state index contributed by atoms with van der Waals surface area (Å²) in [6, 6.07) is 15.5. The van der Waals surface area contributed by atoms with Crippen LogP contribution in [-0.4, -0.2) is 71.9 Å². The molecule has 7 heteroatoms. The number of carbonyl (C=O) groups excluding carboxylic acids is 3. The summed E-state index contributed by atoms with van der Waals surface area (Å²) in [6.45, 7) is 7.96. The number of likely N-dealkylation sites (N-methyl/N-ethyl adjacent to an activating group) is 1. The molecule has 224 valence electrons. The molecule has 1 aliphatic heterocycles. The van der Waals surface area contributed by atoms with Crippen LogP contribution in [-0.2, 0) is 27.3 Å². The van der Waals surface area contributed by atoms with Crippen molar-refractivity contribution in [2.24, 2.45) is 0 Å². The molecule has 0 aromatic heterocycles. The second-order valence-electron chi connectivity index (χ2n) is 11.3. The highest BCUT2D eigenvalue weighted by atomic mass is 16.5. The van der Waals surface area contributed by atoms with E-state index in [9.17, 15) is 14.4 Å². The Balaban J connectivity index is 1.66. The summed E-state index contributed by atoms with van der Waals surface area (Å²) in [6.07, 6.45) is 9.02. The van der Waals surface area contributed by atoms with Gasteiger partial charge in [0.15, 0.2) is 0 Å². The Kier molecular flexibility index (Phi) is 12.7. The Hall–Kier alpha value is -3.35. The number of piperazine rings is 1. The minimum Gasteiger partial charge on any atom is -0.453 e. The lowest BCUT2D eigenvalue weighted by atomic mass is 9.96. The topological polar surface area (TPSA) is 70.2 Å². The Labute approximate surface area is 246 Å². The van der Waals surface area contributed by atoms with Crippen molar-refractivity contribution < 1.29 is 19.1 Å². The second kappa shape index (κ2) is 16.2.